The summed E-state index contributed by atoms with van der Waals surface area (Å²) in [6.07, 6.45) is 1.65. The van der Waals surface area contributed by atoms with E-state index in [1.54, 1.807) is 34.9 Å². The van der Waals surface area contributed by atoms with Crippen LogP contribution in [0.1, 0.15) is 10.5 Å². The molecule has 0 amide bonds. The van der Waals surface area contributed by atoms with E-state index in [4.69, 9.17) is 11.6 Å². The minimum atomic E-state index is -0.987. The van der Waals surface area contributed by atoms with Gasteiger partial charge in [-0.05, 0) is 36.4 Å². The zero-order valence-corrected chi connectivity index (χ0v) is 10.5. The van der Waals surface area contributed by atoms with Crippen LogP contribution in [0.15, 0.2) is 48.7 Å². The molecule has 0 aliphatic carbocycles. The smallest absolute Gasteiger partial charge is 0.352 e. The van der Waals surface area contributed by atoms with Gasteiger partial charge in [-0.1, -0.05) is 17.7 Å². The lowest BCUT2D eigenvalue weighted by Gasteiger charge is -2.05. The Morgan fingerprint density at radius 1 is 1.16 bits per heavy atom. The van der Waals surface area contributed by atoms with Gasteiger partial charge in [-0.15, -0.1) is 0 Å². The third-order valence-electron chi connectivity index (χ3n) is 2.87. The fourth-order valence-corrected chi connectivity index (χ4v) is 2.14. The van der Waals surface area contributed by atoms with Crippen LogP contribution in [0.25, 0.3) is 16.9 Å². The first-order chi connectivity index (χ1) is 9.16. The van der Waals surface area contributed by atoms with Crippen LogP contribution in [-0.2, 0) is 0 Å². The van der Waals surface area contributed by atoms with Crippen molar-refractivity contribution < 1.29 is 9.90 Å². The molecule has 1 aromatic carbocycles. The maximum atomic E-state index is 11.3. The average molecular weight is 273 g/mol. The van der Waals surface area contributed by atoms with Gasteiger partial charge in [0.05, 0.1) is 11.7 Å². The number of halogens is 1. The predicted octanol–water partition coefficient (Wildman–Crippen LogP) is 3.35. The number of pyridine rings is 1. The molecule has 0 aliphatic heterocycles. The second-order valence-corrected chi connectivity index (χ2v) is 4.50. The number of imidazole rings is 1. The molecule has 0 spiro atoms. The van der Waals surface area contributed by atoms with Crippen LogP contribution in [0.5, 0.6) is 0 Å². The largest absolute Gasteiger partial charge is 0.477 e. The number of carboxylic acids is 1. The molecule has 5 heteroatoms. The lowest BCUT2D eigenvalue weighted by atomic mass is 10.2. The molecule has 0 saturated carbocycles. The third kappa shape index (κ3) is 1.96. The van der Waals surface area contributed by atoms with E-state index in [0.717, 1.165) is 11.1 Å². The number of rotatable bonds is 2. The monoisotopic (exact) mass is 272 g/mol. The molecule has 2 aromatic heterocycles. The summed E-state index contributed by atoms with van der Waals surface area (Å²) in [6.45, 7) is 0. The number of fused-ring (bicyclic) bond motifs is 1. The van der Waals surface area contributed by atoms with Crippen LogP contribution in [0.3, 0.4) is 0 Å². The number of hydrogen-bond donors (Lipinski definition) is 1. The van der Waals surface area contributed by atoms with Gasteiger partial charge in [0, 0.05) is 10.6 Å². The van der Waals surface area contributed by atoms with Gasteiger partial charge in [0.1, 0.15) is 11.5 Å². The molecule has 0 saturated heterocycles. The Bertz CT molecular complexity index is 763. The van der Waals surface area contributed by atoms with Crippen LogP contribution < -0.4 is 0 Å². The van der Waals surface area contributed by atoms with Gasteiger partial charge in [-0.2, -0.15) is 0 Å². The quantitative estimate of drug-likeness (QED) is 0.778. The molecule has 0 fully saturated rings. The van der Waals surface area contributed by atoms with Crippen LogP contribution in [0.2, 0.25) is 5.02 Å². The fourth-order valence-electron chi connectivity index (χ4n) is 2.02. The predicted molar refractivity (Wildman–Crippen MR) is 72.6 cm³/mol. The number of carbonyl (C=O) groups is 1. The Labute approximate surface area is 113 Å². The summed E-state index contributed by atoms with van der Waals surface area (Å²) in [4.78, 5) is 15.6. The highest BCUT2D eigenvalue weighted by molar-refractivity contribution is 6.30. The van der Waals surface area contributed by atoms with Crippen molar-refractivity contribution in [1.29, 1.82) is 0 Å². The number of benzene rings is 1. The van der Waals surface area contributed by atoms with Crippen molar-refractivity contribution in [2.75, 3.05) is 0 Å². The molecule has 94 valence electrons. The lowest BCUT2D eigenvalue weighted by molar-refractivity contribution is 0.0689. The van der Waals surface area contributed by atoms with E-state index < -0.39 is 5.97 Å². The molecule has 0 radical (unpaired) electrons. The normalized spacial score (nSPS) is 10.8. The van der Waals surface area contributed by atoms with Crippen LogP contribution in [0, 0.1) is 0 Å². The molecule has 0 bridgehead atoms. The minimum absolute atomic E-state index is 0.181. The van der Waals surface area contributed by atoms with E-state index >= 15 is 0 Å². The number of aromatic nitrogens is 2. The Hall–Kier alpha value is -2.33. The summed E-state index contributed by atoms with van der Waals surface area (Å²) in [5, 5.41) is 9.87. The summed E-state index contributed by atoms with van der Waals surface area (Å²) in [5.74, 6) is -0.400. The molecule has 19 heavy (non-hydrogen) atoms. The Kier molecular flexibility index (Phi) is 2.72. The van der Waals surface area contributed by atoms with Crippen LogP contribution in [0.4, 0.5) is 0 Å². The van der Waals surface area contributed by atoms with Gasteiger partial charge in [0.15, 0.2) is 0 Å². The second-order valence-electron chi connectivity index (χ2n) is 4.07. The van der Waals surface area contributed by atoms with Gasteiger partial charge in [-0.3, -0.25) is 4.40 Å². The lowest BCUT2D eigenvalue weighted by Crippen LogP contribution is -2.05. The maximum Gasteiger partial charge on any atom is 0.352 e. The molecule has 3 aromatic rings. The first kappa shape index (κ1) is 11.7. The molecule has 1 N–H and O–H groups in total. The number of nitrogens with zero attached hydrogens (tertiary/aromatic N) is 2. The number of hydrogen-bond acceptors (Lipinski definition) is 2. The number of carboxylic acid groups (broad SMARTS) is 1. The zero-order valence-electron chi connectivity index (χ0n) is 9.75. The summed E-state index contributed by atoms with van der Waals surface area (Å²) in [6, 6.07) is 12.2. The van der Waals surface area contributed by atoms with Gasteiger partial charge >= 0.3 is 5.97 Å². The highest BCUT2D eigenvalue weighted by Crippen LogP contribution is 2.23. The van der Waals surface area contributed by atoms with Crippen molar-refractivity contribution in [3.05, 3.63) is 59.4 Å². The van der Waals surface area contributed by atoms with Crippen LogP contribution in [-0.4, -0.2) is 20.5 Å². The Balaban J connectivity index is 2.30. The highest BCUT2D eigenvalue weighted by Gasteiger charge is 2.13. The highest BCUT2D eigenvalue weighted by atomic mass is 35.5. The van der Waals surface area contributed by atoms with E-state index in [2.05, 4.69) is 4.98 Å². The van der Waals surface area contributed by atoms with Crippen LogP contribution >= 0.6 is 11.6 Å². The van der Waals surface area contributed by atoms with Gasteiger partial charge in [0.2, 0.25) is 0 Å². The Morgan fingerprint density at radius 3 is 2.58 bits per heavy atom. The second kappa shape index (κ2) is 4.40. The topological polar surface area (TPSA) is 54.6 Å². The van der Waals surface area contributed by atoms with Gasteiger partial charge in [-0.25, -0.2) is 9.78 Å². The molecule has 0 atom stereocenters. The number of aromatic carboxylic acids is 1. The van der Waals surface area contributed by atoms with E-state index in [1.807, 2.05) is 18.2 Å². The molecule has 2 heterocycles. The summed E-state index contributed by atoms with van der Waals surface area (Å²) in [5.41, 5.74) is 1.74. The molecule has 4 nitrogen and oxygen atoms in total. The molecular formula is C14H9ClN2O2. The molecule has 3 rings (SSSR count). The van der Waals surface area contributed by atoms with E-state index in [0.29, 0.717) is 10.8 Å². The fraction of sp³-hybridized carbons (Fsp3) is 0. The van der Waals surface area contributed by atoms with Crippen molar-refractivity contribution in [1.82, 2.24) is 9.38 Å². The van der Waals surface area contributed by atoms with Crippen molar-refractivity contribution in [3.8, 4) is 11.4 Å². The van der Waals surface area contributed by atoms with Crippen molar-refractivity contribution in [2.45, 2.75) is 0 Å². The third-order valence-corrected chi connectivity index (χ3v) is 3.12. The first-order valence-electron chi connectivity index (χ1n) is 5.62. The van der Waals surface area contributed by atoms with Gasteiger partial charge < -0.3 is 5.11 Å². The molecule has 0 unspecified atom stereocenters. The summed E-state index contributed by atoms with van der Waals surface area (Å²) < 4.78 is 1.62. The van der Waals surface area contributed by atoms with Crippen molar-refractivity contribution >= 4 is 23.1 Å². The zero-order chi connectivity index (χ0) is 13.4. The van der Waals surface area contributed by atoms with Gasteiger partial charge in [0.25, 0.3) is 0 Å². The minimum Gasteiger partial charge on any atom is -0.477 e. The van der Waals surface area contributed by atoms with E-state index in [1.165, 1.54) is 0 Å². The maximum absolute atomic E-state index is 11.3. The standard InChI is InChI=1S/C14H9ClN2O2/c15-10-6-4-9(5-7-10)13-16-8-11-2-1-3-12(14(18)19)17(11)13/h1-8H,(H,18,19). The summed E-state index contributed by atoms with van der Waals surface area (Å²) >= 11 is 5.85. The van der Waals surface area contributed by atoms with E-state index in [-0.39, 0.29) is 5.69 Å². The average Bonchev–Trinajstić information content (AvgIpc) is 2.83. The first-order valence-corrected chi connectivity index (χ1v) is 6.00. The Morgan fingerprint density at radius 2 is 1.89 bits per heavy atom. The van der Waals surface area contributed by atoms with Crippen molar-refractivity contribution in [2.24, 2.45) is 0 Å². The van der Waals surface area contributed by atoms with E-state index in [9.17, 15) is 9.90 Å². The summed E-state index contributed by atoms with van der Waals surface area (Å²) in [7, 11) is 0. The SMILES string of the molecule is O=C(O)c1cccc2cnc(-c3ccc(Cl)cc3)n12. The van der Waals surface area contributed by atoms with Crippen molar-refractivity contribution in [3.63, 3.8) is 0 Å². The molecular weight excluding hydrogens is 264 g/mol. The molecule has 0 aliphatic rings.